The Bertz CT molecular complexity index is 840. The molecule has 2 amide bonds. The molecule has 3 heterocycles. The van der Waals surface area contributed by atoms with Crippen LogP contribution in [-0.2, 0) is 15.0 Å². The summed E-state index contributed by atoms with van der Waals surface area (Å²) in [6.45, 7) is 0. The Labute approximate surface area is 120 Å². The van der Waals surface area contributed by atoms with Gasteiger partial charge >= 0.3 is 0 Å². The van der Waals surface area contributed by atoms with Gasteiger partial charge in [-0.15, -0.1) is 0 Å². The highest BCUT2D eigenvalue weighted by Gasteiger charge is 2.55. The smallest absolute Gasteiger partial charge is 0.243 e. The van der Waals surface area contributed by atoms with Crippen LogP contribution in [0.25, 0.3) is 11.0 Å². The van der Waals surface area contributed by atoms with Gasteiger partial charge in [0.1, 0.15) is 5.41 Å². The monoisotopic (exact) mass is 277 g/mol. The average Bonchev–Trinajstić information content (AvgIpc) is 2.79. The van der Waals surface area contributed by atoms with Gasteiger partial charge in [0, 0.05) is 6.20 Å². The highest BCUT2D eigenvalue weighted by molar-refractivity contribution is 6.12. The van der Waals surface area contributed by atoms with Crippen LogP contribution < -0.4 is 5.32 Å². The second-order valence-corrected chi connectivity index (χ2v) is 5.15. The van der Waals surface area contributed by atoms with Gasteiger partial charge in [0.25, 0.3) is 0 Å². The number of nitrogens with zero attached hydrogens (tertiary/aromatic N) is 2. The Kier molecular flexibility index (Phi) is 2.33. The molecule has 0 saturated carbocycles. The number of pyridine rings is 2. The maximum Gasteiger partial charge on any atom is 0.243 e. The average molecular weight is 277 g/mol. The van der Waals surface area contributed by atoms with Gasteiger partial charge in [-0.2, -0.15) is 0 Å². The molecule has 2 unspecified atom stereocenters. The van der Waals surface area contributed by atoms with E-state index in [0.717, 1.165) is 5.52 Å². The van der Waals surface area contributed by atoms with Gasteiger partial charge in [-0.05, 0) is 24.3 Å². The van der Waals surface area contributed by atoms with Gasteiger partial charge in [0.2, 0.25) is 11.8 Å². The van der Waals surface area contributed by atoms with E-state index < -0.39 is 11.3 Å². The van der Waals surface area contributed by atoms with Crippen molar-refractivity contribution in [2.75, 3.05) is 0 Å². The molecule has 1 aliphatic carbocycles. The van der Waals surface area contributed by atoms with Gasteiger partial charge < -0.3 is 0 Å². The van der Waals surface area contributed by atoms with Gasteiger partial charge in [0.05, 0.1) is 22.6 Å². The molecule has 102 valence electrons. The lowest BCUT2D eigenvalue weighted by atomic mass is 9.72. The number of amides is 2. The molecule has 2 atom stereocenters. The van der Waals surface area contributed by atoms with Gasteiger partial charge in [-0.1, -0.05) is 24.3 Å². The minimum atomic E-state index is -1.05. The number of rotatable bonds is 1. The Balaban J connectivity index is 1.96. The summed E-state index contributed by atoms with van der Waals surface area (Å²) in [7, 11) is 0. The molecule has 2 aromatic heterocycles. The topological polar surface area (TPSA) is 72.0 Å². The number of aromatic nitrogens is 2. The number of fused-ring (bicyclic) bond motifs is 2. The van der Waals surface area contributed by atoms with Crippen LogP contribution in [0.1, 0.15) is 5.69 Å². The molecule has 5 heteroatoms. The highest BCUT2D eigenvalue weighted by atomic mass is 16.2. The molecule has 0 aromatic carbocycles. The van der Waals surface area contributed by atoms with Gasteiger partial charge in [0.15, 0.2) is 0 Å². The summed E-state index contributed by atoms with van der Waals surface area (Å²) in [6, 6.07) is 7.23. The lowest BCUT2D eigenvalue weighted by Crippen LogP contribution is -2.39. The molecule has 2 aliphatic rings. The van der Waals surface area contributed by atoms with Crippen LogP contribution in [0.5, 0.6) is 0 Å². The Morgan fingerprint density at radius 2 is 2.00 bits per heavy atom. The quantitative estimate of drug-likeness (QED) is 0.797. The van der Waals surface area contributed by atoms with E-state index in [9.17, 15) is 9.59 Å². The summed E-state index contributed by atoms with van der Waals surface area (Å²) in [5, 5.41) is 2.41. The molecule has 21 heavy (non-hydrogen) atoms. The van der Waals surface area contributed by atoms with E-state index in [1.54, 1.807) is 42.6 Å². The lowest BCUT2D eigenvalue weighted by molar-refractivity contribution is -0.126. The predicted molar refractivity (Wildman–Crippen MR) is 76.1 cm³/mol. The zero-order valence-electron chi connectivity index (χ0n) is 11.0. The molecule has 0 bridgehead atoms. The van der Waals surface area contributed by atoms with Crippen molar-refractivity contribution in [3.05, 3.63) is 60.5 Å². The first-order valence-electron chi connectivity index (χ1n) is 6.65. The Morgan fingerprint density at radius 3 is 2.90 bits per heavy atom. The van der Waals surface area contributed by atoms with Crippen molar-refractivity contribution in [1.29, 1.82) is 0 Å². The molecule has 1 N–H and O–H groups in total. The van der Waals surface area contributed by atoms with E-state index in [2.05, 4.69) is 15.3 Å². The molecule has 2 aromatic rings. The minimum Gasteiger partial charge on any atom is -0.295 e. The number of nitrogens with one attached hydrogen (secondary N) is 1. The second-order valence-electron chi connectivity index (χ2n) is 5.15. The number of hydrogen-bond donors (Lipinski definition) is 1. The zero-order valence-corrected chi connectivity index (χ0v) is 11.0. The number of hydrogen-bond acceptors (Lipinski definition) is 4. The number of carbonyl (C=O) groups is 2. The van der Waals surface area contributed by atoms with Crippen molar-refractivity contribution < 1.29 is 9.59 Å². The van der Waals surface area contributed by atoms with Crippen molar-refractivity contribution >= 4 is 22.8 Å². The lowest BCUT2D eigenvalue weighted by Gasteiger charge is -2.27. The summed E-state index contributed by atoms with van der Waals surface area (Å²) in [6.07, 6.45) is 8.76. The molecule has 0 radical (unpaired) electrons. The SMILES string of the molecule is O=C1NC(=O)C2(c3ccc4ncccc4n3)C=CC=CC12. The third-order valence-electron chi connectivity index (χ3n) is 4.04. The fourth-order valence-electron chi connectivity index (χ4n) is 2.99. The fraction of sp³-hybridized carbons (Fsp3) is 0.125. The molecule has 0 spiro atoms. The predicted octanol–water partition coefficient (Wildman–Crippen LogP) is 1.27. The van der Waals surface area contributed by atoms with E-state index in [4.69, 9.17) is 0 Å². The third kappa shape index (κ3) is 1.51. The summed E-state index contributed by atoms with van der Waals surface area (Å²) in [4.78, 5) is 33.2. The zero-order chi connectivity index (χ0) is 14.4. The van der Waals surface area contributed by atoms with Gasteiger partial charge in [-0.3, -0.25) is 19.9 Å². The molecule has 5 nitrogen and oxygen atoms in total. The summed E-state index contributed by atoms with van der Waals surface area (Å²) >= 11 is 0. The summed E-state index contributed by atoms with van der Waals surface area (Å²) in [5.74, 6) is -1.15. The van der Waals surface area contributed by atoms with Crippen LogP contribution in [0.3, 0.4) is 0 Å². The standard InChI is InChI=1S/C16H11N3O2/c20-14-10-4-1-2-8-16(10,15(21)19-14)13-7-6-11-12(18-13)5-3-9-17-11/h1-10H,(H,19,20,21). The number of allylic oxidation sites excluding steroid dienone is 2. The number of imide groups is 1. The minimum absolute atomic E-state index is 0.284. The fourth-order valence-corrected chi connectivity index (χ4v) is 2.99. The van der Waals surface area contributed by atoms with Crippen LogP contribution in [0.2, 0.25) is 0 Å². The van der Waals surface area contributed by atoms with Crippen LogP contribution in [0.15, 0.2) is 54.8 Å². The van der Waals surface area contributed by atoms with E-state index in [1.807, 2.05) is 12.1 Å². The first-order valence-corrected chi connectivity index (χ1v) is 6.65. The van der Waals surface area contributed by atoms with Crippen LogP contribution in [-0.4, -0.2) is 21.8 Å². The maximum atomic E-state index is 12.4. The first-order chi connectivity index (χ1) is 10.2. The Hall–Kier alpha value is -2.82. The highest BCUT2D eigenvalue weighted by Crippen LogP contribution is 2.40. The van der Waals surface area contributed by atoms with Crippen molar-refractivity contribution in [2.45, 2.75) is 5.41 Å². The largest absolute Gasteiger partial charge is 0.295 e. The maximum absolute atomic E-state index is 12.4. The third-order valence-corrected chi connectivity index (χ3v) is 4.04. The molecule has 1 aliphatic heterocycles. The summed E-state index contributed by atoms with van der Waals surface area (Å²) < 4.78 is 0. The first kappa shape index (κ1) is 12.0. The molecule has 1 fully saturated rings. The number of carbonyl (C=O) groups excluding carboxylic acids is 2. The van der Waals surface area contributed by atoms with Crippen LogP contribution in [0.4, 0.5) is 0 Å². The van der Waals surface area contributed by atoms with E-state index >= 15 is 0 Å². The Morgan fingerprint density at radius 1 is 1.10 bits per heavy atom. The van der Waals surface area contributed by atoms with Crippen LogP contribution in [0, 0.1) is 5.92 Å². The molecular weight excluding hydrogens is 266 g/mol. The van der Waals surface area contributed by atoms with Crippen molar-refractivity contribution in [1.82, 2.24) is 15.3 Å². The van der Waals surface area contributed by atoms with E-state index in [-0.39, 0.29) is 11.8 Å². The van der Waals surface area contributed by atoms with Crippen molar-refractivity contribution in [2.24, 2.45) is 5.92 Å². The van der Waals surface area contributed by atoms with E-state index in [1.165, 1.54) is 0 Å². The van der Waals surface area contributed by atoms with E-state index in [0.29, 0.717) is 11.2 Å². The van der Waals surface area contributed by atoms with Gasteiger partial charge in [-0.25, -0.2) is 4.98 Å². The molecular formula is C16H11N3O2. The van der Waals surface area contributed by atoms with Crippen molar-refractivity contribution in [3.63, 3.8) is 0 Å². The second kappa shape index (κ2) is 4.09. The summed E-state index contributed by atoms with van der Waals surface area (Å²) in [5.41, 5.74) is 0.986. The normalized spacial score (nSPS) is 27.0. The molecule has 4 rings (SSSR count). The molecule has 1 saturated heterocycles. The van der Waals surface area contributed by atoms with Crippen LogP contribution >= 0.6 is 0 Å². The van der Waals surface area contributed by atoms with Crippen molar-refractivity contribution in [3.8, 4) is 0 Å².